The van der Waals surface area contributed by atoms with E-state index >= 15 is 0 Å². The van der Waals surface area contributed by atoms with Crippen LogP contribution in [0, 0.1) is 6.92 Å². The van der Waals surface area contributed by atoms with E-state index in [4.69, 9.17) is 11.6 Å². The van der Waals surface area contributed by atoms with Crippen molar-refractivity contribution in [2.24, 2.45) is 0 Å². The SMILES string of the molecule is CCNc1nc(Nc2ccc(C)c(Cl)c2)c2ccsc2n1. The van der Waals surface area contributed by atoms with Gasteiger partial charge in [-0.25, -0.2) is 4.98 Å². The molecule has 0 spiro atoms. The molecule has 6 heteroatoms. The predicted molar refractivity (Wildman–Crippen MR) is 91.1 cm³/mol. The average Bonchev–Trinajstić information content (AvgIpc) is 2.92. The largest absolute Gasteiger partial charge is 0.354 e. The van der Waals surface area contributed by atoms with E-state index in [1.165, 1.54) is 0 Å². The van der Waals surface area contributed by atoms with Crippen LogP contribution in [-0.4, -0.2) is 16.5 Å². The number of hydrogen-bond acceptors (Lipinski definition) is 5. The second-order valence-corrected chi connectivity index (χ2v) is 5.96. The van der Waals surface area contributed by atoms with Crippen LogP contribution in [0.4, 0.5) is 17.5 Å². The van der Waals surface area contributed by atoms with E-state index in [0.717, 1.165) is 38.9 Å². The molecule has 108 valence electrons. The van der Waals surface area contributed by atoms with Crippen molar-refractivity contribution in [1.29, 1.82) is 0 Å². The van der Waals surface area contributed by atoms with Gasteiger partial charge < -0.3 is 10.6 Å². The fourth-order valence-corrected chi connectivity index (χ4v) is 2.94. The normalized spacial score (nSPS) is 10.8. The second kappa shape index (κ2) is 5.87. The number of rotatable bonds is 4. The summed E-state index contributed by atoms with van der Waals surface area (Å²) in [4.78, 5) is 9.99. The summed E-state index contributed by atoms with van der Waals surface area (Å²) in [5.74, 6) is 1.42. The highest BCUT2D eigenvalue weighted by atomic mass is 35.5. The van der Waals surface area contributed by atoms with Crippen LogP contribution in [0.2, 0.25) is 5.02 Å². The third kappa shape index (κ3) is 2.94. The Balaban J connectivity index is 2.01. The lowest BCUT2D eigenvalue weighted by Gasteiger charge is -2.10. The number of hydrogen-bond donors (Lipinski definition) is 2. The first-order valence-corrected chi connectivity index (χ1v) is 7.95. The molecule has 0 aliphatic carbocycles. The Labute approximate surface area is 132 Å². The van der Waals surface area contributed by atoms with Gasteiger partial charge in [-0.15, -0.1) is 11.3 Å². The van der Waals surface area contributed by atoms with Gasteiger partial charge >= 0.3 is 0 Å². The molecular formula is C15H15ClN4S. The van der Waals surface area contributed by atoms with E-state index in [1.54, 1.807) is 11.3 Å². The third-order valence-electron chi connectivity index (χ3n) is 3.09. The Morgan fingerprint density at radius 2 is 2.10 bits per heavy atom. The van der Waals surface area contributed by atoms with Gasteiger partial charge in [0, 0.05) is 17.3 Å². The minimum atomic E-state index is 0.633. The van der Waals surface area contributed by atoms with Crippen molar-refractivity contribution in [1.82, 2.24) is 9.97 Å². The van der Waals surface area contributed by atoms with Crippen LogP contribution < -0.4 is 10.6 Å². The average molecular weight is 319 g/mol. The standard InChI is InChI=1S/C15H15ClN4S/c1-3-17-15-19-13(11-6-7-21-14(11)20-15)18-10-5-4-9(2)12(16)8-10/h4-8H,3H2,1-2H3,(H2,17,18,19,20). The third-order valence-corrected chi connectivity index (χ3v) is 4.31. The van der Waals surface area contributed by atoms with Gasteiger partial charge in [-0.3, -0.25) is 0 Å². The summed E-state index contributed by atoms with van der Waals surface area (Å²) in [6.45, 7) is 4.79. The lowest BCUT2D eigenvalue weighted by Crippen LogP contribution is -2.04. The highest BCUT2D eigenvalue weighted by Crippen LogP contribution is 2.30. The zero-order chi connectivity index (χ0) is 14.8. The Bertz CT molecular complexity index is 784. The number of aromatic nitrogens is 2. The van der Waals surface area contributed by atoms with E-state index in [0.29, 0.717) is 5.95 Å². The van der Waals surface area contributed by atoms with Crippen LogP contribution in [0.3, 0.4) is 0 Å². The van der Waals surface area contributed by atoms with Gasteiger partial charge in [0.1, 0.15) is 10.6 Å². The first kappa shape index (κ1) is 14.1. The number of benzene rings is 1. The van der Waals surface area contributed by atoms with Crippen molar-refractivity contribution in [2.45, 2.75) is 13.8 Å². The molecule has 0 saturated heterocycles. The predicted octanol–water partition coefficient (Wildman–Crippen LogP) is 4.83. The van der Waals surface area contributed by atoms with Crippen molar-refractivity contribution in [3.8, 4) is 0 Å². The van der Waals surface area contributed by atoms with Gasteiger partial charge in [0.25, 0.3) is 0 Å². The van der Waals surface area contributed by atoms with Gasteiger partial charge in [0.05, 0.1) is 5.39 Å². The van der Waals surface area contributed by atoms with Crippen molar-refractivity contribution >= 4 is 50.6 Å². The molecule has 2 aromatic heterocycles. The van der Waals surface area contributed by atoms with Crippen LogP contribution in [-0.2, 0) is 0 Å². The Kier molecular flexibility index (Phi) is 3.94. The molecule has 4 nitrogen and oxygen atoms in total. The second-order valence-electron chi connectivity index (χ2n) is 4.65. The minimum absolute atomic E-state index is 0.633. The van der Waals surface area contributed by atoms with Crippen molar-refractivity contribution in [2.75, 3.05) is 17.2 Å². The van der Waals surface area contributed by atoms with E-state index in [9.17, 15) is 0 Å². The van der Waals surface area contributed by atoms with Crippen LogP contribution in [0.5, 0.6) is 0 Å². The molecule has 0 aliphatic heterocycles. The highest BCUT2D eigenvalue weighted by molar-refractivity contribution is 7.16. The van der Waals surface area contributed by atoms with Crippen LogP contribution in [0.15, 0.2) is 29.6 Å². The number of halogens is 1. The van der Waals surface area contributed by atoms with Crippen LogP contribution in [0.25, 0.3) is 10.2 Å². The number of anilines is 3. The quantitative estimate of drug-likeness (QED) is 0.723. The molecule has 0 amide bonds. The molecule has 0 radical (unpaired) electrons. The maximum Gasteiger partial charge on any atom is 0.226 e. The molecule has 2 heterocycles. The van der Waals surface area contributed by atoms with Crippen LogP contribution in [0.1, 0.15) is 12.5 Å². The molecule has 2 N–H and O–H groups in total. The minimum Gasteiger partial charge on any atom is -0.354 e. The molecule has 0 bridgehead atoms. The Morgan fingerprint density at radius 1 is 1.24 bits per heavy atom. The molecular weight excluding hydrogens is 304 g/mol. The molecule has 1 aromatic carbocycles. The fourth-order valence-electron chi connectivity index (χ4n) is 2.00. The zero-order valence-electron chi connectivity index (χ0n) is 11.8. The Morgan fingerprint density at radius 3 is 2.86 bits per heavy atom. The van der Waals surface area contributed by atoms with Crippen molar-refractivity contribution in [3.63, 3.8) is 0 Å². The summed E-state index contributed by atoms with van der Waals surface area (Å²) in [5, 5.41) is 10.3. The molecule has 0 unspecified atom stereocenters. The van der Waals surface area contributed by atoms with Gasteiger partial charge in [-0.1, -0.05) is 17.7 Å². The number of nitrogens with zero attached hydrogens (tertiary/aromatic N) is 2. The first-order chi connectivity index (χ1) is 10.2. The Hall–Kier alpha value is -1.85. The number of aryl methyl sites for hydroxylation is 1. The highest BCUT2D eigenvalue weighted by Gasteiger charge is 2.09. The summed E-state index contributed by atoms with van der Waals surface area (Å²) in [7, 11) is 0. The summed E-state index contributed by atoms with van der Waals surface area (Å²) in [5.41, 5.74) is 1.97. The maximum atomic E-state index is 6.18. The van der Waals surface area contributed by atoms with Gasteiger partial charge in [0.2, 0.25) is 5.95 Å². The lowest BCUT2D eigenvalue weighted by molar-refractivity contribution is 1.11. The molecule has 21 heavy (non-hydrogen) atoms. The summed E-state index contributed by atoms with van der Waals surface area (Å²) in [6.07, 6.45) is 0. The van der Waals surface area contributed by atoms with E-state index < -0.39 is 0 Å². The van der Waals surface area contributed by atoms with Crippen molar-refractivity contribution in [3.05, 3.63) is 40.2 Å². The zero-order valence-corrected chi connectivity index (χ0v) is 13.3. The number of nitrogens with one attached hydrogen (secondary N) is 2. The topological polar surface area (TPSA) is 49.8 Å². The van der Waals surface area contributed by atoms with E-state index in [2.05, 4.69) is 20.6 Å². The molecule has 0 atom stereocenters. The first-order valence-electron chi connectivity index (χ1n) is 6.69. The lowest BCUT2D eigenvalue weighted by atomic mass is 10.2. The van der Waals surface area contributed by atoms with Crippen LogP contribution >= 0.6 is 22.9 Å². The summed E-state index contributed by atoms with van der Waals surface area (Å²) < 4.78 is 0. The molecule has 0 aliphatic rings. The molecule has 0 saturated carbocycles. The van der Waals surface area contributed by atoms with Crippen molar-refractivity contribution < 1.29 is 0 Å². The maximum absolute atomic E-state index is 6.18. The van der Waals surface area contributed by atoms with Gasteiger partial charge in [0.15, 0.2) is 0 Å². The smallest absolute Gasteiger partial charge is 0.226 e. The van der Waals surface area contributed by atoms with E-state index in [-0.39, 0.29) is 0 Å². The fraction of sp³-hybridized carbons (Fsp3) is 0.200. The molecule has 3 aromatic rings. The summed E-state index contributed by atoms with van der Waals surface area (Å²) >= 11 is 7.78. The molecule has 3 rings (SSSR count). The number of thiophene rings is 1. The van der Waals surface area contributed by atoms with E-state index in [1.807, 2.05) is 43.5 Å². The summed E-state index contributed by atoms with van der Waals surface area (Å²) in [6, 6.07) is 7.91. The van der Waals surface area contributed by atoms with Gasteiger partial charge in [-0.2, -0.15) is 4.98 Å². The molecule has 0 fully saturated rings. The number of fused-ring (bicyclic) bond motifs is 1. The monoisotopic (exact) mass is 318 g/mol. The van der Waals surface area contributed by atoms with Gasteiger partial charge in [-0.05, 0) is 43.0 Å².